The Balaban J connectivity index is 1.69. The van der Waals surface area contributed by atoms with Crippen molar-refractivity contribution in [1.29, 1.82) is 0 Å². The number of hydrogen-bond donors (Lipinski definition) is 1. The topological polar surface area (TPSA) is 106 Å². The van der Waals surface area contributed by atoms with Crippen molar-refractivity contribution in [3.05, 3.63) is 41.5 Å². The predicted molar refractivity (Wildman–Crippen MR) is 90.7 cm³/mol. The Labute approximate surface area is 150 Å². The van der Waals surface area contributed by atoms with Crippen LogP contribution in [0.5, 0.6) is 5.75 Å². The van der Waals surface area contributed by atoms with Crippen LogP contribution in [-0.2, 0) is 11.4 Å². The lowest BCUT2D eigenvalue weighted by atomic mass is 10.1. The third-order valence-corrected chi connectivity index (χ3v) is 4.16. The van der Waals surface area contributed by atoms with E-state index in [9.17, 15) is 9.59 Å². The van der Waals surface area contributed by atoms with E-state index in [1.807, 2.05) is 0 Å². The van der Waals surface area contributed by atoms with Gasteiger partial charge >= 0.3 is 5.97 Å². The summed E-state index contributed by atoms with van der Waals surface area (Å²) >= 11 is 0. The van der Waals surface area contributed by atoms with Gasteiger partial charge in [0.05, 0.1) is 5.92 Å². The lowest BCUT2D eigenvalue weighted by Gasteiger charge is -2.24. The minimum Gasteiger partial charge on any atom is -0.485 e. The summed E-state index contributed by atoms with van der Waals surface area (Å²) in [6.45, 7) is 3.64. The van der Waals surface area contributed by atoms with Gasteiger partial charge in [-0.05, 0) is 31.0 Å². The van der Waals surface area contributed by atoms with Crippen molar-refractivity contribution in [2.75, 3.05) is 6.54 Å². The molecule has 0 saturated heterocycles. The van der Waals surface area contributed by atoms with Crippen LogP contribution in [0.3, 0.4) is 0 Å². The first-order valence-electron chi connectivity index (χ1n) is 8.50. The molecule has 1 aromatic carbocycles. The average molecular weight is 359 g/mol. The Kier molecular flexibility index (Phi) is 5.20. The largest absolute Gasteiger partial charge is 0.485 e. The lowest BCUT2D eigenvalue weighted by Crippen LogP contribution is -2.38. The maximum atomic E-state index is 12.9. The van der Waals surface area contributed by atoms with E-state index < -0.39 is 11.9 Å². The van der Waals surface area contributed by atoms with Crippen LogP contribution in [0.15, 0.2) is 28.8 Å². The van der Waals surface area contributed by atoms with Gasteiger partial charge in [0.15, 0.2) is 6.61 Å². The van der Waals surface area contributed by atoms with Crippen molar-refractivity contribution in [1.82, 2.24) is 15.0 Å². The summed E-state index contributed by atoms with van der Waals surface area (Å²) in [5.41, 5.74) is 0.469. The molecule has 1 atom stereocenters. The van der Waals surface area contributed by atoms with E-state index in [2.05, 4.69) is 10.1 Å². The van der Waals surface area contributed by atoms with E-state index in [0.29, 0.717) is 23.0 Å². The fourth-order valence-corrected chi connectivity index (χ4v) is 2.59. The number of hydrogen-bond acceptors (Lipinski definition) is 6. The molecule has 1 amide bonds. The van der Waals surface area contributed by atoms with Gasteiger partial charge in [0.2, 0.25) is 11.7 Å². The molecule has 1 unspecified atom stereocenters. The molecule has 1 fully saturated rings. The number of carbonyl (C=O) groups excluding carboxylic acids is 1. The summed E-state index contributed by atoms with van der Waals surface area (Å²) in [7, 11) is 0. The zero-order valence-electron chi connectivity index (χ0n) is 14.7. The normalized spacial score (nSPS) is 14.7. The van der Waals surface area contributed by atoms with Gasteiger partial charge in [0.25, 0.3) is 5.91 Å². The smallest absolute Gasteiger partial charge is 0.308 e. The molecule has 8 nitrogen and oxygen atoms in total. The summed E-state index contributed by atoms with van der Waals surface area (Å²) in [6, 6.07) is 6.95. The molecule has 0 bridgehead atoms. The standard InChI is InChI=1S/C18H21N3O5/c1-11(18(23)24)9-21(14-6-7-14)17(22)13-4-3-5-15(8-13)25-10-16-19-12(2)26-20-16/h3-5,8,11,14H,6-7,9-10H2,1-2H3,(H,23,24). The number of rotatable bonds is 8. The predicted octanol–water partition coefficient (Wildman–Crippen LogP) is 2.28. The highest BCUT2D eigenvalue weighted by atomic mass is 16.5. The summed E-state index contributed by atoms with van der Waals surface area (Å²) in [5.74, 6) is -0.299. The van der Waals surface area contributed by atoms with E-state index >= 15 is 0 Å². The summed E-state index contributed by atoms with van der Waals surface area (Å²) in [5, 5.41) is 12.9. The maximum Gasteiger partial charge on any atom is 0.308 e. The van der Waals surface area contributed by atoms with Crippen LogP contribution < -0.4 is 4.74 Å². The summed E-state index contributed by atoms with van der Waals surface area (Å²) in [6.07, 6.45) is 1.82. The van der Waals surface area contributed by atoms with Gasteiger partial charge in [-0.2, -0.15) is 4.98 Å². The minimum absolute atomic E-state index is 0.121. The molecule has 1 heterocycles. The molecule has 8 heteroatoms. The SMILES string of the molecule is Cc1nc(COc2cccc(C(=O)N(CC(C)C(=O)O)C3CC3)c2)no1. The molecule has 0 spiro atoms. The third-order valence-electron chi connectivity index (χ3n) is 4.16. The zero-order valence-corrected chi connectivity index (χ0v) is 14.7. The molecule has 3 rings (SSSR count). The number of aromatic nitrogens is 2. The quantitative estimate of drug-likeness (QED) is 0.770. The highest BCUT2D eigenvalue weighted by Crippen LogP contribution is 2.29. The Morgan fingerprint density at radius 1 is 1.42 bits per heavy atom. The number of benzene rings is 1. The maximum absolute atomic E-state index is 12.9. The van der Waals surface area contributed by atoms with Gasteiger partial charge in [-0.25, -0.2) is 0 Å². The molecule has 1 aliphatic rings. The van der Waals surface area contributed by atoms with Crippen molar-refractivity contribution >= 4 is 11.9 Å². The Hall–Kier alpha value is -2.90. The van der Waals surface area contributed by atoms with Gasteiger partial charge in [-0.1, -0.05) is 18.1 Å². The molecule has 0 aliphatic heterocycles. The molecule has 1 aliphatic carbocycles. The van der Waals surface area contributed by atoms with Gasteiger partial charge in [0.1, 0.15) is 5.75 Å². The van der Waals surface area contributed by atoms with E-state index in [4.69, 9.17) is 14.4 Å². The van der Waals surface area contributed by atoms with E-state index in [-0.39, 0.29) is 25.1 Å². The fourth-order valence-electron chi connectivity index (χ4n) is 2.59. The highest BCUT2D eigenvalue weighted by molar-refractivity contribution is 5.95. The van der Waals surface area contributed by atoms with Crippen LogP contribution in [0.4, 0.5) is 0 Å². The van der Waals surface area contributed by atoms with Crippen molar-refractivity contribution in [3.63, 3.8) is 0 Å². The zero-order chi connectivity index (χ0) is 18.7. The number of aryl methyl sites for hydroxylation is 1. The summed E-state index contributed by atoms with van der Waals surface area (Å²) < 4.78 is 10.5. The minimum atomic E-state index is -0.907. The van der Waals surface area contributed by atoms with Crippen molar-refractivity contribution in [3.8, 4) is 5.75 Å². The van der Waals surface area contributed by atoms with Gasteiger partial charge in [-0.15, -0.1) is 0 Å². The number of carboxylic acids is 1. The molecule has 26 heavy (non-hydrogen) atoms. The highest BCUT2D eigenvalue weighted by Gasteiger charge is 2.35. The average Bonchev–Trinajstić information content (AvgIpc) is 3.38. The summed E-state index contributed by atoms with van der Waals surface area (Å²) in [4.78, 5) is 29.7. The first kappa shape index (κ1) is 17.9. The third kappa shape index (κ3) is 4.38. The molecule has 1 saturated carbocycles. The van der Waals surface area contributed by atoms with Crippen LogP contribution in [0.1, 0.15) is 41.8 Å². The monoisotopic (exact) mass is 359 g/mol. The number of carboxylic acid groups (broad SMARTS) is 1. The van der Waals surface area contributed by atoms with Crippen molar-refractivity contribution in [2.24, 2.45) is 5.92 Å². The first-order valence-corrected chi connectivity index (χ1v) is 8.50. The molecular formula is C18H21N3O5. The molecular weight excluding hydrogens is 338 g/mol. The van der Waals surface area contributed by atoms with Crippen LogP contribution >= 0.6 is 0 Å². The second-order valence-electron chi connectivity index (χ2n) is 6.47. The van der Waals surface area contributed by atoms with E-state index in [1.54, 1.807) is 43.0 Å². The van der Waals surface area contributed by atoms with E-state index in [0.717, 1.165) is 12.8 Å². The Morgan fingerprint density at radius 2 is 2.19 bits per heavy atom. The van der Waals surface area contributed by atoms with Crippen molar-refractivity contribution in [2.45, 2.75) is 39.3 Å². The Morgan fingerprint density at radius 3 is 2.81 bits per heavy atom. The lowest BCUT2D eigenvalue weighted by molar-refractivity contribution is -0.141. The fraction of sp³-hybridized carbons (Fsp3) is 0.444. The number of aliphatic carboxylic acids is 1. The first-order chi connectivity index (χ1) is 12.4. The van der Waals surface area contributed by atoms with Gasteiger partial charge in [0, 0.05) is 25.1 Å². The Bertz CT molecular complexity index is 800. The van der Waals surface area contributed by atoms with Crippen LogP contribution in [0, 0.1) is 12.8 Å². The van der Waals surface area contributed by atoms with Crippen molar-refractivity contribution < 1.29 is 24.0 Å². The van der Waals surface area contributed by atoms with Crippen LogP contribution in [0.25, 0.3) is 0 Å². The van der Waals surface area contributed by atoms with E-state index in [1.165, 1.54) is 0 Å². The second kappa shape index (κ2) is 7.55. The van der Waals surface area contributed by atoms with Crippen LogP contribution in [0.2, 0.25) is 0 Å². The van der Waals surface area contributed by atoms with Gasteiger partial charge in [-0.3, -0.25) is 9.59 Å². The molecule has 1 N–H and O–H groups in total. The molecule has 1 aromatic heterocycles. The number of ether oxygens (including phenoxy) is 1. The molecule has 2 aromatic rings. The number of nitrogens with zero attached hydrogens (tertiary/aromatic N) is 3. The van der Waals surface area contributed by atoms with Gasteiger partial charge < -0.3 is 19.3 Å². The second-order valence-corrected chi connectivity index (χ2v) is 6.47. The molecule has 138 valence electrons. The molecule has 0 radical (unpaired) electrons. The van der Waals surface area contributed by atoms with Crippen LogP contribution in [-0.4, -0.2) is 44.6 Å². The number of carbonyl (C=O) groups is 2. The number of amides is 1.